The molecule has 100 valence electrons. The van der Waals surface area contributed by atoms with Gasteiger partial charge in [0.1, 0.15) is 0 Å². The van der Waals surface area contributed by atoms with Gasteiger partial charge in [0.2, 0.25) is 0 Å². The van der Waals surface area contributed by atoms with Crippen LogP contribution in [0.15, 0.2) is 0 Å². The average Bonchev–Trinajstić information content (AvgIpc) is 2.15. The van der Waals surface area contributed by atoms with Crippen LogP contribution < -0.4 is 4.72 Å². The number of carbonyl (C=O) groups excluding carboxylic acids is 1. The maximum atomic E-state index is 12.2. The standard InChI is InChI=1S/C8H16FN2O3PS2/c1-8(2,3)11(17-10-7(9)12)15(16)13-5-4-6-14-15/h4-6H2,1-3H3,(H,10,12). The van der Waals surface area contributed by atoms with E-state index in [1.807, 2.05) is 25.5 Å². The van der Waals surface area contributed by atoms with E-state index >= 15 is 0 Å². The Bertz CT molecular complexity index is 327. The van der Waals surface area contributed by atoms with E-state index < -0.39 is 18.3 Å². The van der Waals surface area contributed by atoms with Gasteiger partial charge in [0.15, 0.2) is 0 Å². The average molecular weight is 302 g/mol. The van der Waals surface area contributed by atoms with E-state index in [-0.39, 0.29) is 0 Å². The topological polar surface area (TPSA) is 50.8 Å². The first-order chi connectivity index (χ1) is 7.76. The Morgan fingerprint density at radius 1 is 1.47 bits per heavy atom. The van der Waals surface area contributed by atoms with Crippen LogP contribution in [0.25, 0.3) is 0 Å². The number of hydrogen-bond donors (Lipinski definition) is 1. The molecule has 0 bridgehead atoms. The van der Waals surface area contributed by atoms with Gasteiger partial charge in [-0.25, -0.2) is 4.79 Å². The van der Waals surface area contributed by atoms with E-state index in [9.17, 15) is 9.18 Å². The fraction of sp³-hybridized carbons (Fsp3) is 0.875. The van der Waals surface area contributed by atoms with Gasteiger partial charge in [0, 0.05) is 5.54 Å². The quantitative estimate of drug-likeness (QED) is 0.374. The fourth-order valence-corrected chi connectivity index (χ4v) is 5.65. The van der Waals surface area contributed by atoms with Crippen molar-refractivity contribution in [3.05, 3.63) is 0 Å². The molecule has 0 radical (unpaired) electrons. The summed E-state index contributed by atoms with van der Waals surface area (Å²) in [5, 5.41) is 0. The summed E-state index contributed by atoms with van der Waals surface area (Å²) in [4.78, 5) is 10.3. The smallest absolute Gasteiger partial charge is 0.317 e. The van der Waals surface area contributed by atoms with Crippen molar-refractivity contribution in [3.8, 4) is 0 Å². The Balaban J connectivity index is 2.81. The molecule has 1 rings (SSSR count). The van der Waals surface area contributed by atoms with Crippen molar-refractivity contribution in [2.45, 2.75) is 32.7 Å². The Hall–Kier alpha value is 0.280. The minimum Gasteiger partial charge on any atom is -0.317 e. The van der Waals surface area contributed by atoms with Crippen LogP contribution in [0, 0.1) is 0 Å². The lowest BCUT2D eigenvalue weighted by Gasteiger charge is -2.41. The lowest BCUT2D eigenvalue weighted by molar-refractivity contribution is 0.149. The molecule has 5 nitrogen and oxygen atoms in total. The Morgan fingerprint density at radius 2 is 2.00 bits per heavy atom. The molecule has 1 fully saturated rings. The van der Waals surface area contributed by atoms with Gasteiger partial charge < -0.3 is 9.05 Å². The summed E-state index contributed by atoms with van der Waals surface area (Å²) in [5.74, 6) is 0. The molecule has 0 aromatic carbocycles. The third-order valence-corrected chi connectivity index (χ3v) is 7.16. The highest BCUT2D eigenvalue weighted by molar-refractivity contribution is 8.15. The zero-order valence-corrected chi connectivity index (χ0v) is 12.5. The lowest BCUT2D eigenvalue weighted by Crippen LogP contribution is -2.38. The fourth-order valence-electron chi connectivity index (χ4n) is 1.19. The van der Waals surface area contributed by atoms with Crippen LogP contribution in [0.5, 0.6) is 0 Å². The molecule has 17 heavy (non-hydrogen) atoms. The zero-order valence-electron chi connectivity index (χ0n) is 9.93. The van der Waals surface area contributed by atoms with Crippen LogP contribution >= 0.6 is 18.8 Å². The van der Waals surface area contributed by atoms with Crippen molar-refractivity contribution in [1.82, 2.24) is 8.80 Å². The van der Waals surface area contributed by atoms with Crippen molar-refractivity contribution in [3.63, 3.8) is 0 Å². The molecule has 1 saturated heterocycles. The second kappa shape index (κ2) is 5.95. The molecule has 0 unspecified atom stereocenters. The van der Waals surface area contributed by atoms with E-state index in [1.54, 1.807) is 4.08 Å². The third-order valence-electron chi connectivity index (χ3n) is 1.81. The lowest BCUT2D eigenvalue weighted by atomic mass is 10.1. The summed E-state index contributed by atoms with van der Waals surface area (Å²) < 4.78 is 26.9. The number of carbonyl (C=O) groups is 1. The van der Waals surface area contributed by atoms with Gasteiger partial charge in [-0.05, 0) is 39.0 Å². The highest BCUT2D eigenvalue weighted by Gasteiger charge is 2.39. The molecule has 9 heteroatoms. The monoisotopic (exact) mass is 302 g/mol. The Morgan fingerprint density at radius 3 is 2.41 bits per heavy atom. The van der Waals surface area contributed by atoms with Gasteiger partial charge in [-0.1, -0.05) is 0 Å². The molecule has 1 aliphatic rings. The first kappa shape index (κ1) is 15.3. The number of hydrogen-bond acceptors (Lipinski definition) is 5. The number of halogens is 1. The summed E-state index contributed by atoms with van der Waals surface area (Å²) in [5.41, 5.74) is -0.417. The van der Waals surface area contributed by atoms with Crippen LogP contribution in [-0.2, 0) is 20.9 Å². The SMILES string of the molecule is CC(C)(C)N(SNC(=O)F)P1(=S)OCCCO1. The van der Waals surface area contributed by atoms with Crippen molar-refractivity contribution < 1.29 is 18.2 Å². The van der Waals surface area contributed by atoms with E-state index in [1.165, 1.54) is 0 Å². The number of nitrogens with one attached hydrogen (secondary N) is 1. The number of rotatable bonds is 3. The predicted molar refractivity (Wildman–Crippen MR) is 69.6 cm³/mol. The largest absolute Gasteiger partial charge is 0.408 e. The van der Waals surface area contributed by atoms with Gasteiger partial charge >= 0.3 is 6.16 Å². The van der Waals surface area contributed by atoms with Crippen LogP contribution in [0.2, 0.25) is 0 Å². The summed E-state index contributed by atoms with van der Waals surface area (Å²) in [6, 6.07) is 0. The van der Waals surface area contributed by atoms with Crippen molar-refractivity contribution in [2.75, 3.05) is 13.2 Å². The van der Waals surface area contributed by atoms with Crippen LogP contribution in [0.4, 0.5) is 9.18 Å². The second-order valence-corrected chi connectivity index (χ2v) is 8.66. The third kappa shape index (κ3) is 4.46. The molecular formula is C8H16FN2O3PS2. The highest BCUT2D eigenvalue weighted by Crippen LogP contribution is 2.60. The molecule has 0 aliphatic carbocycles. The minimum absolute atomic E-state index is 0.417. The molecular weight excluding hydrogens is 286 g/mol. The maximum Gasteiger partial charge on any atom is 0.408 e. The number of amides is 1. The van der Waals surface area contributed by atoms with Crippen LogP contribution in [0.3, 0.4) is 0 Å². The summed E-state index contributed by atoms with van der Waals surface area (Å²) in [6.45, 7) is 4.06. The summed E-state index contributed by atoms with van der Waals surface area (Å²) in [6.07, 6.45) is -0.834. The first-order valence-electron chi connectivity index (χ1n) is 5.08. The second-order valence-electron chi connectivity index (χ2n) is 4.40. The maximum absolute atomic E-state index is 12.2. The van der Waals surface area contributed by atoms with Gasteiger partial charge in [-0.15, -0.1) is 4.39 Å². The molecule has 1 amide bonds. The summed E-state index contributed by atoms with van der Waals surface area (Å²) >= 11 is 6.17. The molecule has 0 spiro atoms. The molecule has 0 atom stereocenters. The van der Waals surface area contributed by atoms with Crippen molar-refractivity contribution >= 4 is 36.7 Å². The van der Waals surface area contributed by atoms with Crippen molar-refractivity contribution in [2.24, 2.45) is 0 Å². The number of nitrogens with zero attached hydrogens (tertiary/aromatic N) is 1. The molecule has 0 saturated carbocycles. The van der Waals surface area contributed by atoms with E-state index in [2.05, 4.69) is 0 Å². The van der Waals surface area contributed by atoms with E-state index in [4.69, 9.17) is 20.9 Å². The molecule has 1 heterocycles. The highest BCUT2D eigenvalue weighted by atomic mass is 32.5. The van der Waals surface area contributed by atoms with Crippen LogP contribution in [0.1, 0.15) is 27.2 Å². The van der Waals surface area contributed by atoms with Gasteiger partial charge in [-0.3, -0.25) is 4.72 Å². The normalized spacial score (nSPS) is 20.3. The predicted octanol–water partition coefficient (Wildman–Crippen LogP) is 2.99. The van der Waals surface area contributed by atoms with E-state index in [0.717, 1.165) is 18.6 Å². The van der Waals surface area contributed by atoms with Gasteiger partial charge in [0.05, 0.1) is 25.3 Å². The van der Waals surface area contributed by atoms with Crippen LogP contribution in [-0.4, -0.2) is 29.0 Å². The zero-order chi connectivity index (χ0) is 13.1. The summed E-state index contributed by atoms with van der Waals surface area (Å²) in [7, 11) is 0. The molecule has 1 aliphatic heterocycles. The molecule has 0 aromatic heterocycles. The van der Waals surface area contributed by atoms with Gasteiger partial charge in [-0.2, -0.15) is 4.08 Å². The first-order valence-corrected chi connectivity index (χ1v) is 8.44. The Kier molecular flexibility index (Phi) is 5.37. The molecule has 1 N–H and O–H groups in total. The Labute approximate surface area is 110 Å². The van der Waals surface area contributed by atoms with Gasteiger partial charge in [0.25, 0.3) is 6.64 Å². The van der Waals surface area contributed by atoms with E-state index in [0.29, 0.717) is 13.2 Å². The minimum atomic E-state index is -2.65. The molecule has 0 aromatic rings. The van der Waals surface area contributed by atoms with Crippen molar-refractivity contribution in [1.29, 1.82) is 0 Å².